The van der Waals surface area contributed by atoms with Gasteiger partial charge in [-0.25, -0.2) is 9.18 Å². The van der Waals surface area contributed by atoms with Crippen LogP contribution in [0, 0.1) is 5.82 Å². The van der Waals surface area contributed by atoms with E-state index >= 15 is 0 Å². The van der Waals surface area contributed by atoms with Crippen molar-refractivity contribution < 1.29 is 18.7 Å². The van der Waals surface area contributed by atoms with E-state index in [0.29, 0.717) is 27.9 Å². The van der Waals surface area contributed by atoms with E-state index in [4.69, 9.17) is 9.47 Å². The monoisotopic (exact) mass is 389 g/mol. The van der Waals surface area contributed by atoms with Crippen LogP contribution in [0.1, 0.15) is 68.2 Å². The van der Waals surface area contributed by atoms with E-state index in [9.17, 15) is 14.0 Å². The highest BCUT2D eigenvalue weighted by atomic mass is 19.1. The summed E-state index contributed by atoms with van der Waals surface area (Å²) in [6.45, 7) is 9.64. The number of hydrogen-bond acceptors (Lipinski definition) is 4. The second kappa shape index (κ2) is 9.15. The molecule has 0 saturated carbocycles. The van der Waals surface area contributed by atoms with Crippen molar-refractivity contribution >= 4 is 5.97 Å². The average molecular weight is 389 g/mol. The Kier molecular flexibility index (Phi) is 7.13. The van der Waals surface area contributed by atoms with E-state index in [-0.39, 0.29) is 30.7 Å². The van der Waals surface area contributed by atoms with E-state index in [0.717, 1.165) is 0 Å². The molecule has 0 fully saturated rings. The third kappa shape index (κ3) is 4.17. The summed E-state index contributed by atoms with van der Waals surface area (Å²) in [6, 6.07) is 5.59. The molecule has 0 spiro atoms. The van der Waals surface area contributed by atoms with Crippen molar-refractivity contribution in [3.63, 3.8) is 0 Å². The molecule has 0 unspecified atom stereocenters. The minimum atomic E-state index is -0.503. The highest BCUT2D eigenvalue weighted by Gasteiger charge is 2.30. The first-order valence-corrected chi connectivity index (χ1v) is 9.47. The Morgan fingerprint density at radius 3 is 2.21 bits per heavy atom. The standard InChI is InChI=1S/C22H28FNO4/c1-7-28-22(26)19-18(15-8-10-16(23)11-9-15)17(12-27-6)21(25)24(14(4)5)20(19)13(2)3/h8-11,13-14H,7,12H2,1-6H3. The van der Waals surface area contributed by atoms with Crippen molar-refractivity contribution in [2.24, 2.45) is 0 Å². The number of rotatable bonds is 7. The summed E-state index contributed by atoms with van der Waals surface area (Å²) < 4.78 is 25.8. The van der Waals surface area contributed by atoms with Gasteiger partial charge in [-0.15, -0.1) is 0 Å². The van der Waals surface area contributed by atoms with Gasteiger partial charge in [-0.3, -0.25) is 4.79 Å². The van der Waals surface area contributed by atoms with E-state index in [1.165, 1.54) is 19.2 Å². The Bertz CT molecular complexity index is 898. The van der Waals surface area contributed by atoms with Crippen LogP contribution in [0.3, 0.4) is 0 Å². The third-order valence-electron chi connectivity index (χ3n) is 4.51. The quantitative estimate of drug-likeness (QED) is 0.645. The zero-order valence-electron chi connectivity index (χ0n) is 17.3. The van der Waals surface area contributed by atoms with Crippen LogP contribution in [0.5, 0.6) is 0 Å². The fourth-order valence-electron chi connectivity index (χ4n) is 3.46. The smallest absolute Gasteiger partial charge is 0.340 e. The molecule has 0 aliphatic heterocycles. The van der Waals surface area contributed by atoms with Crippen molar-refractivity contribution in [2.75, 3.05) is 13.7 Å². The van der Waals surface area contributed by atoms with Gasteiger partial charge in [0.2, 0.25) is 0 Å². The zero-order valence-corrected chi connectivity index (χ0v) is 17.3. The summed E-state index contributed by atoms with van der Waals surface area (Å²) in [4.78, 5) is 26.4. The van der Waals surface area contributed by atoms with Crippen LogP contribution in [-0.4, -0.2) is 24.3 Å². The van der Waals surface area contributed by atoms with Crippen LogP contribution >= 0.6 is 0 Å². The minimum Gasteiger partial charge on any atom is -0.462 e. The molecule has 0 amide bonds. The number of carbonyl (C=O) groups is 1. The lowest BCUT2D eigenvalue weighted by atomic mass is 9.90. The van der Waals surface area contributed by atoms with Gasteiger partial charge in [0.05, 0.1) is 24.3 Å². The van der Waals surface area contributed by atoms with Crippen LogP contribution in [0.2, 0.25) is 0 Å². The number of benzene rings is 1. The molecule has 1 aromatic carbocycles. The molecule has 1 aromatic heterocycles. The number of pyridine rings is 1. The molecule has 0 bridgehead atoms. The normalized spacial score (nSPS) is 11.3. The summed E-state index contributed by atoms with van der Waals surface area (Å²) >= 11 is 0. The van der Waals surface area contributed by atoms with Gasteiger partial charge in [0.1, 0.15) is 5.82 Å². The highest BCUT2D eigenvalue weighted by molar-refractivity contribution is 5.99. The minimum absolute atomic E-state index is 0.0308. The number of nitrogens with zero attached hydrogens (tertiary/aromatic N) is 1. The Morgan fingerprint density at radius 1 is 1.14 bits per heavy atom. The van der Waals surface area contributed by atoms with E-state index in [1.54, 1.807) is 23.6 Å². The van der Waals surface area contributed by atoms with Gasteiger partial charge < -0.3 is 14.0 Å². The number of esters is 1. The first-order valence-electron chi connectivity index (χ1n) is 9.47. The van der Waals surface area contributed by atoms with Crippen LogP contribution in [0.4, 0.5) is 4.39 Å². The number of methoxy groups -OCH3 is 1. The summed E-state index contributed by atoms with van der Waals surface area (Å²) in [7, 11) is 1.49. The molecule has 28 heavy (non-hydrogen) atoms. The number of carbonyl (C=O) groups excluding carboxylic acids is 1. The molecule has 0 radical (unpaired) electrons. The largest absolute Gasteiger partial charge is 0.462 e. The predicted octanol–water partition coefficient (Wildman–Crippen LogP) is 4.68. The lowest BCUT2D eigenvalue weighted by Crippen LogP contribution is -2.33. The average Bonchev–Trinajstić information content (AvgIpc) is 2.63. The third-order valence-corrected chi connectivity index (χ3v) is 4.51. The van der Waals surface area contributed by atoms with Crippen LogP contribution < -0.4 is 5.56 Å². The molecule has 0 aliphatic carbocycles. The molecule has 0 saturated heterocycles. The molecule has 1 heterocycles. The van der Waals surface area contributed by atoms with Gasteiger partial charge in [0.25, 0.3) is 5.56 Å². The number of hydrogen-bond donors (Lipinski definition) is 0. The molecular weight excluding hydrogens is 361 g/mol. The van der Waals surface area contributed by atoms with E-state index in [1.807, 2.05) is 27.7 Å². The molecule has 152 valence electrons. The first kappa shape index (κ1) is 21.8. The Morgan fingerprint density at radius 2 is 1.75 bits per heavy atom. The lowest BCUT2D eigenvalue weighted by Gasteiger charge is -2.26. The SMILES string of the molecule is CCOC(=O)c1c(-c2ccc(F)cc2)c(COC)c(=O)n(C(C)C)c1C(C)C. The summed E-state index contributed by atoms with van der Waals surface area (Å²) in [6.07, 6.45) is 0. The van der Waals surface area contributed by atoms with Gasteiger partial charge in [0.15, 0.2) is 0 Å². The molecule has 2 aromatic rings. The zero-order chi connectivity index (χ0) is 21.0. The Balaban J connectivity index is 3.07. The first-order chi connectivity index (χ1) is 13.2. The number of aromatic nitrogens is 1. The van der Waals surface area contributed by atoms with Gasteiger partial charge in [0, 0.05) is 24.4 Å². The van der Waals surface area contributed by atoms with Gasteiger partial charge in [-0.05, 0) is 44.4 Å². The fourth-order valence-corrected chi connectivity index (χ4v) is 3.46. The number of ether oxygens (including phenoxy) is 2. The maximum atomic E-state index is 13.5. The topological polar surface area (TPSA) is 57.5 Å². The molecule has 6 heteroatoms. The van der Waals surface area contributed by atoms with Crippen LogP contribution in [0.25, 0.3) is 11.1 Å². The maximum absolute atomic E-state index is 13.5. The van der Waals surface area contributed by atoms with Crippen LogP contribution in [0.15, 0.2) is 29.1 Å². The van der Waals surface area contributed by atoms with Crippen molar-refractivity contribution in [2.45, 2.75) is 53.2 Å². The number of halogens is 1. The highest BCUT2D eigenvalue weighted by Crippen LogP contribution is 2.34. The van der Waals surface area contributed by atoms with Crippen LogP contribution in [-0.2, 0) is 16.1 Å². The molecular formula is C22H28FNO4. The summed E-state index contributed by atoms with van der Waals surface area (Å²) in [5.41, 5.74) is 2.11. The van der Waals surface area contributed by atoms with Crippen molar-refractivity contribution in [1.82, 2.24) is 4.57 Å². The second-order valence-electron chi connectivity index (χ2n) is 7.20. The van der Waals surface area contributed by atoms with Crippen molar-refractivity contribution in [3.05, 3.63) is 57.3 Å². The van der Waals surface area contributed by atoms with Gasteiger partial charge in [-0.1, -0.05) is 26.0 Å². The van der Waals surface area contributed by atoms with E-state index in [2.05, 4.69) is 0 Å². The fraction of sp³-hybridized carbons (Fsp3) is 0.455. The molecule has 0 N–H and O–H groups in total. The predicted molar refractivity (Wildman–Crippen MR) is 107 cm³/mol. The molecule has 5 nitrogen and oxygen atoms in total. The van der Waals surface area contributed by atoms with Gasteiger partial charge in [-0.2, -0.15) is 0 Å². The molecule has 0 aliphatic rings. The molecule has 0 atom stereocenters. The van der Waals surface area contributed by atoms with E-state index < -0.39 is 11.8 Å². The maximum Gasteiger partial charge on any atom is 0.340 e. The Labute approximate surface area is 165 Å². The summed E-state index contributed by atoms with van der Waals surface area (Å²) in [5.74, 6) is -1.00. The van der Waals surface area contributed by atoms with Crippen molar-refractivity contribution in [1.29, 1.82) is 0 Å². The van der Waals surface area contributed by atoms with Gasteiger partial charge >= 0.3 is 5.97 Å². The molecule has 2 rings (SSSR count). The Hall–Kier alpha value is -2.47. The lowest BCUT2D eigenvalue weighted by molar-refractivity contribution is 0.0523. The second-order valence-corrected chi connectivity index (χ2v) is 7.20. The summed E-state index contributed by atoms with van der Waals surface area (Å²) in [5, 5.41) is 0. The van der Waals surface area contributed by atoms with Crippen molar-refractivity contribution in [3.8, 4) is 11.1 Å².